The molecule has 0 aliphatic carbocycles. The number of aromatic nitrogens is 4. The Hall–Kier alpha value is -2.74. The molecule has 8 heteroatoms. The van der Waals surface area contributed by atoms with Crippen LogP contribution in [0.5, 0.6) is 0 Å². The van der Waals surface area contributed by atoms with Crippen LogP contribution >= 0.6 is 11.3 Å². The van der Waals surface area contributed by atoms with Crippen molar-refractivity contribution in [1.82, 2.24) is 19.7 Å². The first-order chi connectivity index (χ1) is 10.1. The smallest absolute Gasteiger partial charge is 0.267 e. The molecule has 3 aromatic heterocycles. The molecule has 0 aliphatic heterocycles. The lowest BCUT2D eigenvalue weighted by atomic mass is 10.3. The number of nitrogens with one attached hydrogen (secondary N) is 1. The molecule has 0 unspecified atom stereocenters. The quantitative estimate of drug-likeness (QED) is 0.769. The maximum Gasteiger partial charge on any atom is 0.267 e. The van der Waals surface area contributed by atoms with Gasteiger partial charge in [-0.1, -0.05) is 11.3 Å². The zero-order valence-electron chi connectivity index (χ0n) is 11.1. The van der Waals surface area contributed by atoms with Crippen LogP contribution < -0.4 is 11.1 Å². The molecule has 0 spiro atoms. The number of nitrogens with zero attached hydrogens (tertiary/aromatic N) is 4. The maximum absolute atomic E-state index is 12.3. The SMILES string of the molecule is Cc1nc(N)sc1C(=O)Nc1cccnc1-n1cccn1. The number of carbonyl (C=O) groups is 1. The van der Waals surface area contributed by atoms with Crippen molar-refractivity contribution in [2.24, 2.45) is 0 Å². The van der Waals surface area contributed by atoms with Gasteiger partial charge in [0.2, 0.25) is 0 Å². The highest BCUT2D eigenvalue weighted by Crippen LogP contribution is 2.22. The molecule has 1 amide bonds. The number of nitrogens with two attached hydrogens (primary N) is 1. The topological polar surface area (TPSA) is 98.7 Å². The van der Waals surface area contributed by atoms with Crippen molar-refractivity contribution in [3.63, 3.8) is 0 Å². The average Bonchev–Trinajstić information content (AvgIpc) is 3.09. The molecule has 3 rings (SSSR count). The lowest BCUT2D eigenvalue weighted by Gasteiger charge is -2.09. The van der Waals surface area contributed by atoms with E-state index in [-0.39, 0.29) is 5.91 Å². The number of thiazole rings is 1. The molecule has 0 aliphatic rings. The number of aryl methyl sites for hydroxylation is 1. The molecule has 0 saturated carbocycles. The monoisotopic (exact) mass is 300 g/mol. The van der Waals surface area contributed by atoms with Crippen LogP contribution in [0.25, 0.3) is 5.82 Å². The average molecular weight is 300 g/mol. The first-order valence-corrected chi connectivity index (χ1v) is 6.96. The summed E-state index contributed by atoms with van der Waals surface area (Å²) in [5.74, 6) is 0.286. The van der Waals surface area contributed by atoms with Gasteiger partial charge in [0.25, 0.3) is 5.91 Å². The van der Waals surface area contributed by atoms with Crippen LogP contribution in [0.4, 0.5) is 10.8 Å². The fraction of sp³-hybridized carbons (Fsp3) is 0.0769. The zero-order chi connectivity index (χ0) is 14.8. The summed E-state index contributed by atoms with van der Waals surface area (Å²) in [5, 5.41) is 7.32. The van der Waals surface area contributed by atoms with E-state index in [1.165, 1.54) is 0 Å². The Bertz CT molecular complexity index is 780. The highest BCUT2D eigenvalue weighted by Gasteiger charge is 2.16. The summed E-state index contributed by atoms with van der Waals surface area (Å²) < 4.78 is 1.59. The van der Waals surface area contributed by atoms with E-state index in [9.17, 15) is 4.79 Å². The Morgan fingerprint density at radius 2 is 2.24 bits per heavy atom. The third-order valence-corrected chi connectivity index (χ3v) is 3.76. The number of carbonyl (C=O) groups excluding carboxylic acids is 1. The summed E-state index contributed by atoms with van der Waals surface area (Å²) >= 11 is 1.16. The molecule has 0 fully saturated rings. The molecule has 21 heavy (non-hydrogen) atoms. The Morgan fingerprint density at radius 3 is 2.90 bits per heavy atom. The molecular formula is C13H12N6OS. The van der Waals surface area contributed by atoms with Crippen molar-refractivity contribution in [1.29, 1.82) is 0 Å². The van der Waals surface area contributed by atoms with Crippen molar-refractivity contribution >= 4 is 28.1 Å². The largest absolute Gasteiger partial charge is 0.375 e. The summed E-state index contributed by atoms with van der Waals surface area (Å²) in [6.45, 7) is 1.75. The Kier molecular flexibility index (Phi) is 3.36. The molecular weight excluding hydrogens is 288 g/mol. The van der Waals surface area contributed by atoms with E-state index in [1.807, 2.05) is 0 Å². The van der Waals surface area contributed by atoms with Crippen LogP contribution in [0.3, 0.4) is 0 Å². The van der Waals surface area contributed by atoms with Gasteiger partial charge in [-0.3, -0.25) is 4.79 Å². The van der Waals surface area contributed by atoms with Crippen LogP contribution in [0.2, 0.25) is 0 Å². The minimum absolute atomic E-state index is 0.261. The first-order valence-electron chi connectivity index (χ1n) is 6.14. The van der Waals surface area contributed by atoms with Crippen molar-refractivity contribution in [3.8, 4) is 5.82 Å². The normalized spacial score (nSPS) is 10.5. The molecule has 0 radical (unpaired) electrons. The highest BCUT2D eigenvalue weighted by molar-refractivity contribution is 7.17. The molecule has 3 heterocycles. The van der Waals surface area contributed by atoms with Crippen LogP contribution in [0.15, 0.2) is 36.8 Å². The van der Waals surface area contributed by atoms with Crippen LogP contribution in [0, 0.1) is 6.92 Å². The fourth-order valence-corrected chi connectivity index (χ4v) is 2.61. The van der Waals surface area contributed by atoms with Gasteiger partial charge in [-0.25, -0.2) is 14.6 Å². The van der Waals surface area contributed by atoms with Gasteiger partial charge in [-0.2, -0.15) is 5.10 Å². The summed E-state index contributed by atoms with van der Waals surface area (Å²) in [5.41, 5.74) is 6.80. The number of rotatable bonds is 3. The summed E-state index contributed by atoms with van der Waals surface area (Å²) in [6, 6.07) is 5.30. The van der Waals surface area contributed by atoms with Crippen molar-refractivity contribution in [3.05, 3.63) is 47.4 Å². The third-order valence-electron chi connectivity index (χ3n) is 2.78. The standard InChI is InChI=1S/C13H12N6OS/c1-8-10(21-13(14)17-8)12(20)18-9-4-2-5-15-11(9)19-7-3-6-16-19/h2-7H,1H3,(H2,14,17)(H,18,20). The molecule has 3 aromatic rings. The van der Waals surface area contributed by atoms with Crippen LogP contribution in [0.1, 0.15) is 15.4 Å². The van der Waals surface area contributed by atoms with Gasteiger partial charge in [-0.05, 0) is 25.1 Å². The van der Waals surface area contributed by atoms with Gasteiger partial charge in [-0.15, -0.1) is 0 Å². The van der Waals surface area contributed by atoms with Crippen LogP contribution in [-0.2, 0) is 0 Å². The lowest BCUT2D eigenvalue weighted by Crippen LogP contribution is -2.14. The Labute approximate surface area is 124 Å². The van der Waals surface area contributed by atoms with E-state index in [4.69, 9.17) is 5.73 Å². The zero-order valence-corrected chi connectivity index (χ0v) is 12.0. The molecule has 0 saturated heterocycles. The molecule has 0 atom stereocenters. The second-order valence-corrected chi connectivity index (χ2v) is 5.28. The van der Waals surface area contributed by atoms with Gasteiger partial charge < -0.3 is 11.1 Å². The van der Waals surface area contributed by atoms with Crippen molar-refractivity contribution in [2.45, 2.75) is 6.92 Å². The number of pyridine rings is 1. The number of hydrogen-bond acceptors (Lipinski definition) is 6. The predicted octanol–water partition coefficient (Wildman–Crippen LogP) is 1.87. The van der Waals surface area contributed by atoms with Gasteiger partial charge >= 0.3 is 0 Å². The second-order valence-electron chi connectivity index (χ2n) is 4.25. The summed E-state index contributed by atoms with van der Waals surface area (Å²) in [7, 11) is 0. The predicted molar refractivity (Wildman–Crippen MR) is 80.6 cm³/mol. The molecule has 7 nitrogen and oxygen atoms in total. The van der Waals surface area contributed by atoms with Gasteiger partial charge in [0, 0.05) is 18.6 Å². The second kappa shape index (κ2) is 5.33. The summed E-state index contributed by atoms with van der Waals surface area (Å²) in [6.07, 6.45) is 5.05. The molecule has 3 N–H and O–H groups in total. The Morgan fingerprint density at radius 1 is 1.38 bits per heavy atom. The first kappa shape index (κ1) is 13.3. The number of nitrogen functional groups attached to an aromatic ring is 1. The fourth-order valence-electron chi connectivity index (χ4n) is 1.88. The van der Waals surface area contributed by atoms with Crippen LogP contribution in [-0.4, -0.2) is 25.7 Å². The lowest BCUT2D eigenvalue weighted by molar-refractivity contribution is 0.102. The third kappa shape index (κ3) is 2.61. The van der Waals surface area contributed by atoms with E-state index < -0.39 is 0 Å². The van der Waals surface area contributed by atoms with E-state index in [0.717, 1.165) is 11.3 Å². The molecule has 106 valence electrons. The van der Waals surface area contributed by atoms with Crippen molar-refractivity contribution < 1.29 is 4.79 Å². The van der Waals surface area contributed by atoms with E-state index in [1.54, 1.807) is 48.4 Å². The molecule has 0 aromatic carbocycles. The maximum atomic E-state index is 12.3. The van der Waals surface area contributed by atoms with Gasteiger partial charge in [0.15, 0.2) is 10.9 Å². The van der Waals surface area contributed by atoms with E-state index >= 15 is 0 Å². The van der Waals surface area contributed by atoms with E-state index in [2.05, 4.69) is 20.4 Å². The van der Waals surface area contributed by atoms with Crippen molar-refractivity contribution in [2.75, 3.05) is 11.1 Å². The Balaban J connectivity index is 1.92. The summed E-state index contributed by atoms with van der Waals surface area (Å²) in [4.78, 5) is 21.1. The van der Waals surface area contributed by atoms with Gasteiger partial charge in [0.05, 0.1) is 11.4 Å². The number of anilines is 2. The van der Waals surface area contributed by atoms with E-state index in [0.29, 0.717) is 27.2 Å². The number of hydrogen-bond donors (Lipinski definition) is 2. The van der Waals surface area contributed by atoms with Gasteiger partial charge in [0.1, 0.15) is 4.88 Å². The minimum Gasteiger partial charge on any atom is -0.375 e. The minimum atomic E-state index is -0.261. The molecule has 0 bridgehead atoms. The number of amides is 1. The highest BCUT2D eigenvalue weighted by atomic mass is 32.1.